The maximum absolute atomic E-state index is 13.6. The highest BCUT2D eigenvalue weighted by molar-refractivity contribution is 6.22. The Morgan fingerprint density at radius 2 is 2.07 bits per heavy atom. The minimum atomic E-state index is -0.641. The molecule has 0 radical (unpaired) electrons. The zero-order valence-corrected chi connectivity index (χ0v) is 15.6. The molecule has 4 atom stereocenters. The number of primary amides is 1. The van der Waals surface area contributed by atoms with E-state index in [1.165, 1.54) is 6.20 Å². The van der Waals surface area contributed by atoms with E-state index in [4.69, 9.17) is 22.1 Å². The second kappa shape index (κ2) is 7.20. The molecule has 1 aromatic rings. The van der Waals surface area contributed by atoms with Crippen LogP contribution >= 0.6 is 11.6 Å². The number of alkyl halides is 1. The first-order chi connectivity index (χ1) is 13.0. The third kappa shape index (κ3) is 3.12. The normalized spacial score (nSPS) is 29.1. The summed E-state index contributed by atoms with van der Waals surface area (Å²) in [7, 11) is 0. The molecule has 2 saturated heterocycles. The molecular weight excluding hydrogens is 370 g/mol. The SMILES string of the molecule is NC(=O)c1ccncc1[C@@H](C(=O)N1C[C@H](Cl)[C@H]2OCC(=O)[C@H]21)C1CCCC1. The van der Waals surface area contributed by atoms with Crippen LogP contribution in [-0.2, 0) is 14.3 Å². The van der Waals surface area contributed by atoms with E-state index in [-0.39, 0.29) is 30.8 Å². The molecular formula is C19H22ClN3O4. The number of likely N-dealkylation sites (tertiary alicyclic amines) is 1. The molecule has 2 amide bonds. The van der Waals surface area contributed by atoms with E-state index in [9.17, 15) is 14.4 Å². The van der Waals surface area contributed by atoms with Crippen molar-refractivity contribution in [1.82, 2.24) is 9.88 Å². The van der Waals surface area contributed by atoms with Crippen LogP contribution in [0.25, 0.3) is 0 Å². The van der Waals surface area contributed by atoms with Crippen molar-refractivity contribution in [2.45, 2.75) is 49.1 Å². The first-order valence-electron chi connectivity index (χ1n) is 9.31. The van der Waals surface area contributed by atoms with Crippen molar-refractivity contribution in [3.05, 3.63) is 29.6 Å². The first-order valence-corrected chi connectivity index (χ1v) is 9.75. The predicted octanol–water partition coefficient (Wildman–Crippen LogP) is 1.24. The zero-order chi connectivity index (χ0) is 19.1. The summed E-state index contributed by atoms with van der Waals surface area (Å²) in [6.07, 6.45) is 6.44. The van der Waals surface area contributed by atoms with Crippen LogP contribution < -0.4 is 5.73 Å². The fourth-order valence-electron chi connectivity index (χ4n) is 4.76. The van der Waals surface area contributed by atoms with Gasteiger partial charge in [0.2, 0.25) is 11.8 Å². The molecule has 3 fully saturated rings. The lowest BCUT2D eigenvalue weighted by Gasteiger charge is -2.31. The highest BCUT2D eigenvalue weighted by Gasteiger charge is 2.53. The number of hydrogen-bond donors (Lipinski definition) is 1. The Labute approximate surface area is 162 Å². The number of aromatic nitrogens is 1. The molecule has 27 heavy (non-hydrogen) atoms. The number of Topliss-reactive ketones (excluding diaryl/α,β-unsaturated/α-hetero) is 1. The number of nitrogens with zero attached hydrogens (tertiary/aromatic N) is 2. The topological polar surface area (TPSA) is 103 Å². The molecule has 0 bridgehead atoms. The summed E-state index contributed by atoms with van der Waals surface area (Å²) in [6.45, 7) is 0.243. The quantitative estimate of drug-likeness (QED) is 0.778. The van der Waals surface area contributed by atoms with Gasteiger partial charge in [-0.3, -0.25) is 19.4 Å². The number of carbonyl (C=O) groups is 3. The number of rotatable bonds is 4. The van der Waals surface area contributed by atoms with Crippen LogP contribution in [0, 0.1) is 5.92 Å². The highest BCUT2D eigenvalue weighted by atomic mass is 35.5. The third-order valence-electron chi connectivity index (χ3n) is 6.00. The van der Waals surface area contributed by atoms with E-state index in [1.807, 2.05) is 0 Å². The Kier molecular flexibility index (Phi) is 4.90. The molecule has 7 nitrogen and oxygen atoms in total. The molecule has 1 aromatic heterocycles. The Balaban J connectivity index is 1.73. The lowest BCUT2D eigenvalue weighted by Crippen LogP contribution is -2.45. The van der Waals surface area contributed by atoms with Gasteiger partial charge in [0.1, 0.15) is 18.8 Å². The number of ketones is 1. The summed E-state index contributed by atoms with van der Waals surface area (Å²) in [5.41, 5.74) is 6.40. The van der Waals surface area contributed by atoms with Crippen LogP contribution in [0.4, 0.5) is 0 Å². The smallest absolute Gasteiger partial charge is 0.249 e. The maximum atomic E-state index is 13.6. The van der Waals surface area contributed by atoms with E-state index in [0.717, 1.165) is 25.7 Å². The second-order valence-electron chi connectivity index (χ2n) is 7.54. The van der Waals surface area contributed by atoms with Gasteiger partial charge in [-0.2, -0.15) is 0 Å². The number of amides is 2. The molecule has 2 N–H and O–H groups in total. The van der Waals surface area contributed by atoms with E-state index >= 15 is 0 Å². The van der Waals surface area contributed by atoms with E-state index in [1.54, 1.807) is 17.2 Å². The highest BCUT2D eigenvalue weighted by Crippen LogP contribution is 2.42. The Hall–Kier alpha value is -1.99. The zero-order valence-electron chi connectivity index (χ0n) is 14.8. The number of pyridine rings is 1. The van der Waals surface area contributed by atoms with Gasteiger partial charge in [-0.1, -0.05) is 12.8 Å². The second-order valence-corrected chi connectivity index (χ2v) is 8.10. The molecule has 0 unspecified atom stereocenters. The first kappa shape index (κ1) is 18.4. The molecule has 0 aromatic carbocycles. The lowest BCUT2D eigenvalue weighted by atomic mass is 9.82. The fourth-order valence-corrected chi connectivity index (χ4v) is 5.12. The number of carbonyl (C=O) groups excluding carboxylic acids is 3. The average Bonchev–Trinajstić information content (AvgIpc) is 3.36. The number of hydrogen-bond acceptors (Lipinski definition) is 5. The van der Waals surface area contributed by atoms with Crippen molar-refractivity contribution in [2.24, 2.45) is 11.7 Å². The van der Waals surface area contributed by atoms with Crippen LogP contribution in [0.15, 0.2) is 18.5 Å². The van der Waals surface area contributed by atoms with Gasteiger partial charge in [-0.05, 0) is 30.4 Å². The van der Waals surface area contributed by atoms with Crippen molar-refractivity contribution in [1.29, 1.82) is 0 Å². The molecule has 8 heteroatoms. The number of ether oxygens (including phenoxy) is 1. The van der Waals surface area contributed by atoms with Gasteiger partial charge in [0.25, 0.3) is 0 Å². The van der Waals surface area contributed by atoms with E-state index in [0.29, 0.717) is 11.1 Å². The molecule has 1 saturated carbocycles. The largest absolute Gasteiger partial charge is 0.366 e. The Morgan fingerprint density at radius 1 is 1.33 bits per heavy atom. The Morgan fingerprint density at radius 3 is 2.78 bits per heavy atom. The Bertz CT molecular complexity index is 780. The standard InChI is InChI=1S/C19H22ClN3O4/c20-13-8-23(16-14(24)9-27-17(13)16)19(26)15(10-3-1-2-4-10)12-7-22-6-5-11(12)18(21)25/h5-7,10,13,15-17H,1-4,8-9H2,(H2,21,25)/t13-,15-,16+,17+/m0/s1. The summed E-state index contributed by atoms with van der Waals surface area (Å²) in [4.78, 5) is 43.6. The van der Waals surface area contributed by atoms with Gasteiger partial charge < -0.3 is 15.4 Å². The van der Waals surface area contributed by atoms with Gasteiger partial charge in [-0.15, -0.1) is 11.6 Å². The van der Waals surface area contributed by atoms with E-state index in [2.05, 4.69) is 4.98 Å². The monoisotopic (exact) mass is 391 g/mol. The van der Waals surface area contributed by atoms with Crippen LogP contribution in [0.2, 0.25) is 0 Å². The van der Waals surface area contributed by atoms with Crippen molar-refractivity contribution in [2.75, 3.05) is 13.2 Å². The van der Waals surface area contributed by atoms with Crippen LogP contribution in [0.5, 0.6) is 0 Å². The van der Waals surface area contributed by atoms with Gasteiger partial charge >= 0.3 is 0 Å². The third-order valence-corrected chi connectivity index (χ3v) is 6.38. The predicted molar refractivity (Wildman–Crippen MR) is 97.3 cm³/mol. The summed E-state index contributed by atoms with van der Waals surface area (Å²) in [5.74, 6) is -1.36. The van der Waals surface area contributed by atoms with Crippen molar-refractivity contribution >= 4 is 29.2 Å². The molecule has 2 aliphatic heterocycles. The van der Waals surface area contributed by atoms with E-state index < -0.39 is 29.3 Å². The number of nitrogens with two attached hydrogens (primary N) is 1. The molecule has 0 spiro atoms. The van der Waals surface area contributed by atoms with Crippen molar-refractivity contribution < 1.29 is 19.1 Å². The van der Waals surface area contributed by atoms with Gasteiger partial charge in [0, 0.05) is 24.5 Å². The minimum Gasteiger partial charge on any atom is -0.366 e. The van der Waals surface area contributed by atoms with Gasteiger partial charge in [-0.25, -0.2) is 0 Å². The molecule has 1 aliphatic carbocycles. The lowest BCUT2D eigenvalue weighted by molar-refractivity contribution is -0.138. The van der Waals surface area contributed by atoms with Crippen LogP contribution in [-0.4, -0.2) is 58.2 Å². The van der Waals surface area contributed by atoms with Gasteiger partial charge in [0.15, 0.2) is 5.78 Å². The minimum absolute atomic E-state index is 0.0180. The summed E-state index contributed by atoms with van der Waals surface area (Å²) in [6, 6.07) is 0.908. The summed E-state index contributed by atoms with van der Waals surface area (Å²) < 4.78 is 5.49. The average molecular weight is 392 g/mol. The number of halogens is 1. The summed E-state index contributed by atoms with van der Waals surface area (Å²) >= 11 is 6.35. The molecule has 3 aliphatic rings. The summed E-state index contributed by atoms with van der Waals surface area (Å²) in [5, 5.41) is -0.417. The fraction of sp³-hybridized carbons (Fsp3) is 0.579. The van der Waals surface area contributed by atoms with Crippen LogP contribution in [0.1, 0.15) is 47.5 Å². The number of fused-ring (bicyclic) bond motifs is 1. The van der Waals surface area contributed by atoms with Crippen molar-refractivity contribution in [3.63, 3.8) is 0 Å². The van der Waals surface area contributed by atoms with Crippen LogP contribution in [0.3, 0.4) is 0 Å². The van der Waals surface area contributed by atoms with Gasteiger partial charge in [0.05, 0.1) is 11.3 Å². The molecule has 3 heterocycles. The molecule has 4 rings (SSSR count). The molecule has 144 valence electrons. The van der Waals surface area contributed by atoms with Crippen molar-refractivity contribution in [3.8, 4) is 0 Å². The maximum Gasteiger partial charge on any atom is 0.249 e.